The molecule has 22 heavy (non-hydrogen) atoms. The number of aldehydes is 1. The number of nitrogens with zero attached hydrogens (tertiary/aromatic N) is 1. The second kappa shape index (κ2) is 6.67. The number of carbonyl (C=O) groups is 3. The normalized spacial score (nSPS) is 16.5. The van der Waals surface area contributed by atoms with Gasteiger partial charge in [0.2, 0.25) is 11.8 Å². The third kappa shape index (κ3) is 4.37. The van der Waals surface area contributed by atoms with E-state index in [0.29, 0.717) is 17.6 Å². The Morgan fingerprint density at radius 1 is 1.41 bits per heavy atom. The van der Waals surface area contributed by atoms with Crippen LogP contribution in [-0.2, 0) is 16.1 Å². The van der Waals surface area contributed by atoms with Gasteiger partial charge in [0.25, 0.3) is 5.92 Å². The number of halogens is 2. The SMILES string of the molecule is O=Cc1coc(CNC(=O)CCC(=O)N2CCC(F)(F)C2)c1. The summed E-state index contributed by atoms with van der Waals surface area (Å²) in [6.07, 6.45) is 1.37. The number of rotatable bonds is 6. The van der Waals surface area contributed by atoms with E-state index in [-0.39, 0.29) is 38.3 Å². The predicted molar refractivity (Wildman–Crippen MR) is 71.3 cm³/mol. The summed E-state index contributed by atoms with van der Waals surface area (Å²) in [5.41, 5.74) is 0.370. The fourth-order valence-electron chi connectivity index (χ4n) is 2.15. The highest BCUT2D eigenvalue weighted by Crippen LogP contribution is 2.27. The molecular weight excluding hydrogens is 298 g/mol. The van der Waals surface area contributed by atoms with Crippen molar-refractivity contribution < 1.29 is 27.6 Å². The Morgan fingerprint density at radius 3 is 2.77 bits per heavy atom. The average Bonchev–Trinajstić information content (AvgIpc) is 3.08. The standard InChI is InChI=1S/C14H16F2N2O4/c15-14(16)3-4-18(9-14)13(21)2-1-12(20)17-6-11-5-10(7-19)8-22-11/h5,7-8H,1-4,6,9H2,(H,17,20). The molecule has 1 aromatic rings. The molecule has 2 amide bonds. The van der Waals surface area contributed by atoms with E-state index in [1.165, 1.54) is 12.3 Å². The van der Waals surface area contributed by atoms with Gasteiger partial charge in [0.1, 0.15) is 12.0 Å². The molecule has 0 bridgehead atoms. The monoisotopic (exact) mass is 314 g/mol. The number of furan rings is 1. The van der Waals surface area contributed by atoms with Crippen molar-refractivity contribution in [2.45, 2.75) is 31.7 Å². The summed E-state index contributed by atoms with van der Waals surface area (Å²) in [4.78, 5) is 34.9. The molecule has 0 saturated carbocycles. The molecule has 0 aromatic carbocycles. The Bertz CT molecular complexity index is 571. The average molecular weight is 314 g/mol. The van der Waals surface area contributed by atoms with Crippen molar-refractivity contribution >= 4 is 18.1 Å². The summed E-state index contributed by atoms with van der Waals surface area (Å²) in [6.45, 7) is -0.453. The Balaban J connectivity index is 1.69. The number of likely N-dealkylation sites (tertiary alicyclic amines) is 1. The summed E-state index contributed by atoms with van der Waals surface area (Å²) < 4.78 is 31.0. The molecule has 0 atom stereocenters. The van der Waals surface area contributed by atoms with Gasteiger partial charge in [0.15, 0.2) is 6.29 Å². The van der Waals surface area contributed by atoms with Crippen LogP contribution in [0.5, 0.6) is 0 Å². The highest BCUT2D eigenvalue weighted by Gasteiger charge is 2.39. The summed E-state index contributed by atoms with van der Waals surface area (Å²) >= 11 is 0. The Labute approximate surface area is 125 Å². The first-order valence-electron chi connectivity index (χ1n) is 6.84. The highest BCUT2D eigenvalue weighted by atomic mass is 19.3. The second-order valence-corrected chi connectivity index (χ2v) is 5.16. The second-order valence-electron chi connectivity index (χ2n) is 5.16. The number of nitrogens with one attached hydrogen (secondary N) is 1. The van der Waals surface area contributed by atoms with Gasteiger partial charge in [0.05, 0.1) is 18.7 Å². The molecule has 1 saturated heterocycles. The van der Waals surface area contributed by atoms with E-state index in [2.05, 4.69) is 5.32 Å². The van der Waals surface area contributed by atoms with Gasteiger partial charge in [-0.25, -0.2) is 8.78 Å². The molecule has 2 heterocycles. The van der Waals surface area contributed by atoms with Gasteiger partial charge in [-0.1, -0.05) is 0 Å². The van der Waals surface area contributed by atoms with Crippen LogP contribution in [0.25, 0.3) is 0 Å². The zero-order valence-electron chi connectivity index (χ0n) is 11.8. The van der Waals surface area contributed by atoms with Crippen molar-refractivity contribution in [3.8, 4) is 0 Å². The number of alkyl halides is 2. The Morgan fingerprint density at radius 2 is 2.18 bits per heavy atom. The molecule has 0 aliphatic carbocycles. The van der Waals surface area contributed by atoms with E-state index in [1.54, 1.807) is 0 Å². The minimum atomic E-state index is -2.83. The predicted octanol–water partition coefficient (Wildman–Crippen LogP) is 1.36. The Kier molecular flexibility index (Phi) is 4.89. The van der Waals surface area contributed by atoms with Crippen molar-refractivity contribution in [1.82, 2.24) is 10.2 Å². The first-order valence-corrected chi connectivity index (χ1v) is 6.84. The molecule has 2 rings (SSSR count). The van der Waals surface area contributed by atoms with Gasteiger partial charge in [-0.05, 0) is 6.07 Å². The van der Waals surface area contributed by atoms with Gasteiger partial charge < -0.3 is 14.6 Å². The van der Waals surface area contributed by atoms with Crippen LogP contribution in [0.2, 0.25) is 0 Å². The number of carbonyl (C=O) groups excluding carboxylic acids is 3. The Hall–Kier alpha value is -2.25. The zero-order valence-corrected chi connectivity index (χ0v) is 11.8. The minimum Gasteiger partial charge on any atom is -0.467 e. The quantitative estimate of drug-likeness (QED) is 0.804. The summed E-state index contributed by atoms with van der Waals surface area (Å²) in [6, 6.07) is 1.49. The van der Waals surface area contributed by atoms with Crippen molar-refractivity contribution in [3.05, 3.63) is 23.7 Å². The maximum Gasteiger partial charge on any atom is 0.267 e. The largest absolute Gasteiger partial charge is 0.467 e. The molecule has 6 nitrogen and oxygen atoms in total. The van der Waals surface area contributed by atoms with Crippen LogP contribution in [0.3, 0.4) is 0 Å². The maximum absolute atomic E-state index is 13.0. The van der Waals surface area contributed by atoms with Gasteiger partial charge >= 0.3 is 0 Å². The third-order valence-corrected chi connectivity index (χ3v) is 3.36. The molecule has 1 aliphatic rings. The summed E-state index contributed by atoms with van der Waals surface area (Å²) in [5.74, 6) is -3.24. The third-order valence-electron chi connectivity index (χ3n) is 3.36. The molecule has 0 radical (unpaired) electrons. The van der Waals surface area contributed by atoms with Crippen LogP contribution < -0.4 is 5.32 Å². The van der Waals surface area contributed by atoms with E-state index in [1.807, 2.05) is 0 Å². The van der Waals surface area contributed by atoms with Crippen molar-refractivity contribution in [2.75, 3.05) is 13.1 Å². The lowest BCUT2D eigenvalue weighted by Crippen LogP contribution is -2.32. The van der Waals surface area contributed by atoms with Crippen molar-refractivity contribution in [1.29, 1.82) is 0 Å². The van der Waals surface area contributed by atoms with Crippen LogP contribution in [0, 0.1) is 0 Å². The van der Waals surface area contributed by atoms with E-state index in [0.717, 1.165) is 4.90 Å². The first kappa shape index (κ1) is 16.1. The molecule has 120 valence electrons. The molecule has 8 heteroatoms. The van der Waals surface area contributed by atoms with Crippen LogP contribution in [0.15, 0.2) is 16.7 Å². The van der Waals surface area contributed by atoms with Gasteiger partial charge in [-0.2, -0.15) is 0 Å². The number of amides is 2. The zero-order chi connectivity index (χ0) is 16.2. The molecule has 0 spiro atoms. The molecule has 1 fully saturated rings. The van der Waals surface area contributed by atoms with Crippen LogP contribution in [0.1, 0.15) is 35.4 Å². The fourth-order valence-corrected chi connectivity index (χ4v) is 2.15. The van der Waals surface area contributed by atoms with Gasteiger partial charge in [0, 0.05) is 25.8 Å². The van der Waals surface area contributed by atoms with Crippen LogP contribution in [-0.4, -0.2) is 42.0 Å². The molecule has 1 aromatic heterocycles. The maximum atomic E-state index is 13.0. The number of hydrogen-bond donors (Lipinski definition) is 1. The first-order chi connectivity index (χ1) is 10.4. The lowest BCUT2D eigenvalue weighted by Gasteiger charge is -2.15. The van der Waals surface area contributed by atoms with Crippen LogP contribution >= 0.6 is 0 Å². The van der Waals surface area contributed by atoms with Crippen LogP contribution in [0.4, 0.5) is 8.78 Å². The summed E-state index contributed by atoms with van der Waals surface area (Å²) in [7, 11) is 0. The minimum absolute atomic E-state index is 0.0221. The lowest BCUT2D eigenvalue weighted by atomic mass is 10.2. The van der Waals surface area contributed by atoms with E-state index in [9.17, 15) is 23.2 Å². The van der Waals surface area contributed by atoms with E-state index >= 15 is 0 Å². The number of hydrogen-bond acceptors (Lipinski definition) is 4. The molecule has 0 unspecified atom stereocenters. The highest BCUT2D eigenvalue weighted by molar-refractivity contribution is 5.84. The molecule has 1 aliphatic heterocycles. The lowest BCUT2D eigenvalue weighted by molar-refractivity contribution is -0.134. The van der Waals surface area contributed by atoms with Gasteiger partial charge in [-0.3, -0.25) is 14.4 Å². The van der Waals surface area contributed by atoms with Crippen molar-refractivity contribution in [3.63, 3.8) is 0 Å². The molecular formula is C14H16F2N2O4. The molecule has 1 N–H and O–H groups in total. The summed E-state index contributed by atoms with van der Waals surface area (Å²) in [5, 5.41) is 2.53. The van der Waals surface area contributed by atoms with Crippen molar-refractivity contribution in [2.24, 2.45) is 0 Å². The smallest absolute Gasteiger partial charge is 0.267 e. The van der Waals surface area contributed by atoms with E-state index < -0.39 is 18.4 Å². The topological polar surface area (TPSA) is 79.6 Å². The van der Waals surface area contributed by atoms with E-state index in [4.69, 9.17) is 4.42 Å². The fraction of sp³-hybridized carbons (Fsp3) is 0.500. The van der Waals surface area contributed by atoms with Gasteiger partial charge in [-0.15, -0.1) is 0 Å².